The summed E-state index contributed by atoms with van der Waals surface area (Å²) in [7, 11) is 0. The number of amides is 1. The average Bonchev–Trinajstić information content (AvgIpc) is 3.26. The standard InChI is InChI=1S/C23H19AsClN6O/c25-19-14-27-23(29-17-7-6-15-13-21(32)26-10-8-16(15)12-17)30-22(19)24-18-4-1-2-5-20(18)31-11-3-9-28-31/h1-7,9,11-12,14H,8,10,13H2,(H,26,32)(H,27,29,30). The van der Waals surface area contributed by atoms with Crippen LogP contribution >= 0.6 is 11.6 Å². The van der Waals surface area contributed by atoms with E-state index in [1.807, 2.05) is 47.3 Å². The van der Waals surface area contributed by atoms with Crippen molar-refractivity contribution in [1.29, 1.82) is 0 Å². The van der Waals surface area contributed by atoms with Crippen molar-refractivity contribution in [3.63, 3.8) is 0 Å². The first-order valence-corrected chi connectivity index (χ1v) is 12.4. The quantitative estimate of drug-likeness (QED) is 0.405. The Morgan fingerprint density at radius 3 is 2.91 bits per heavy atom. The van der Waals surface area contributed by atoms with Crippen molar-refractivity contribution in [2.45, 2.75) is 12.8 Å². The Labute approximate surface area is 196 Å². The summed E-state index contributed by atoms with van der Waals surface area (Å²) < 4.78 is 3.83. The zero-order valence-corrected chi connectivity index (χ0v) is 19.6. The summed E-state index contributed by atoms with van der Waals surface area (Å²) in [5.74, 6) is 0.563. The van der Waals surface area contributed by atoms with Gasteiger partial charge in [-0.05, 0) is 0 Å². The van der Waals surface area contributed by atoms with Gasteiger partial charge in [-0.1, -0.05) is 0 Å². The molecule has 9 heteroatoms. The molecule has 1 radical (unpaired) electrons. The second-order valence-corrected chi connectivity index (χ2v) is 10.1. The van der Waals surface area contributed by atoms with Gasteiger partial charge < -0.3 is 0 Å². The van der Waals surface area contributed by atoms with Crippen LogP contribution < -0.4 is 19.5 Å². The number of nitrogens with one attached hydrogen (secondary N) is 2. The van der Waals surface area contributed by atoms with Crippen molar-refractivity contribution in [1.82, 2.24) is 25.1 Å². The summed E-state index contributed by atoms with van der Waals surface area (Å²) in [5.41, 5.74) is 4.13. The number of hydrogen-bond acceptors (Lipinski definition) is 5. The van der Waals surface area contributed by atoms with E-state index in [9.17, 15) is 4.79 Å². The summed E-state index contributed by atoms with van der Waals surface area (Å²) in [6, 6.07) is 16.1. The van der Waals surface area contributed by atoms with Gasteiger partial charge in [0.2, 0.25) is 0 Å². The Morgan fingerprint density at radius 2 is 2.03 bits per heavy atom. The van der Waals surface area contributed by atoms with Crippen LogP contribution in [0.3, 0.4) is 0 Å². The van der Waals surface area contributed by atoms with E-state index in [1.165, 1.54) is 0 Å². The fourth-order valence-corrected chi connectivity index (χ4v) is 5.97. The van der Waals surface area contributed by atoms with Gasteiger partial charge >= 0.3 is 197 Å². The predicted octanol–water partition coefficient (Wildman–Crippen LogP) is 1.93. The van der Waals surface area contributed by atoms with Crippen LogP contribution in [0.4, 0.5) is 11.6 Å². The molecule has 2 aromatic heterocycles. The Hall–Kier alpha value is -3.15. The Bertz CT molecular complexity index is 1280. The van der Waals surface area contributed by atoms with Gasteiger partial charge in [0.25, 0.3) is 0 Å². The van der Waals surface area contributed by atoms with E-state index in [0.717, 1.165) is 37.8 Å². The second kappa shape index (κ2) is 9.15. The summed E-state index contributed by atoms with van der Waals surface area (Å²) in [6.07, 6.45) is 6.55. The number of rotatable bonds is 5. The number of para-hydroxylation sites is 1. The minimum absolute atomic E-state index is 0.0638. The molecule has 159 valence electrons. The molecular formula is C23H19AsClN6O. The van der Waals surface area contributed by atoms with Crippen LogP contribution in [-0.2, 0) is 17.6 Å². The van der Waals surface area contributed by atoms with Crippen molar-refractivity contribution in [2.75, 3.05) is 11.9 Å². The van der Waals surface area contributed by atoms with Crippen molar-refractivity contribution in [2.24, 2.45) is 0 Å². The molecule has 2 aromatic carbocycles. The van der Waals surface area contributed by atoms with E-state index in [-0.39, 0.29) is 5.91 Å². The molecule has 2 N–H and O–H groups in total. The third-order valence-corrected chi connectivity index (χ3v) is 8.14. The third kappa shape index (κ3) is 4.54. The molecule has 4 aromatic rings. The molecule has 0 aliphatic carbocycles. The van der Waals surface area contributed by atoms with Crippen LogP contribution in [0.25, 0.3) is 5.69 Å². The SMILES string of the molecule is O=C1Cc2ccc(Nc3ncc(Cl)c([As]c4ccccc4-n4cccn4)n3)cc2CCN1. The third-order valence-electron chi connectivity index (χ3n) is 5.11. The van der Waals surface area contributed by atoms with Gasteiger partial charge in [0.05, 0.1) is 0 Å². The molecule has 1 amide bonds. The van der Waals surface area contributed by atoms with Crippen molar-refractivity contribution in [3.05, 3.63) is 83.3 Å². The van der Waals surface area contributed by atoms with E-state index >= 15 is 0 Å². The molecule has 0 saturated heterocycles. The maximum atomic E-state index is 11.8. The van der Waals surface area contributed by atoms with Crippen LogP contribution in [-0.4, -0.2) is 48.0 Å². The van der Waals surface area contributed by atoms with Crippen LogP contribution in [0.5, 0.6) is 0 Å². The second-order valence-electron chi connectivity index (χ2n) is 7.30. The van der Waals surface area contributed by atoms with Crippen LogP contribution in [0.1, 0.15) is 11.1 Å². The average molecular weight is 506 g/mol. The molecule has 0 fully saturated rings. The van der Waals surface area contributed by atoms with E-state index in [0.29, 0.717) is 23.9 Å². The fraction of sp³-hybridized carbons (Fsp3) is 0.130. The van der Waals surface area contributed by atoms with Gasteiger partial charge in [-0.2, -0.15) is 0 Å². The fourth-order valence-electron chi connectivity index (χ4n) is 3.58. The molecule has 5 rings (SSSR count). The van der Waals surface area contributed by atoms with Crippen LogP contribution in [0.15, 0.2) is 67.1 Å². The predicted molar refractivity (Wildman–Crippen MR) is 126 cm³/mol. The summed E-state index contributed by atoms with van der Waals surface area (Å²) >= 11 is 5.98. The number of hydrogen-bond donors (Lipinski definition) is 2. The van der Waals surface area contributed by atoms with E-state index in [4.69, 9.17) is 16.6 Å². The summed E-state index contributed by atoms with van der Waals surface area (Å²) in [4.78, 5) is 20.9. The Morgan fingerprint density at radius 1 is 1.12 bits per heavy atom. The first kappa shape index (κ1) is 20.7. The van der Waals surface area contributed by atoms with Gasteiger partial charge in [-0.25, -0.2) is 0 Å². The molecule has 0 bridgehead atoms. The van der Waals surface area contributed by atoms with Crippen molar-refractivity contribution in [3.8, 4) is 5.69 Å². The number of fused-ring (bicyclic) bond motifs is 1. The molecule has 0 saturated carbocycles. The number of carbonyl (C=O) groups excluding carboxylic acids is 1. The van der Waals surface area contributed by atoms with Crippen molar-refractivity contribution < 1.29 is 4.79 Å². The summed E-state index contributed by atoms with van der Waals surface area (Å²) in [6.45, 7) is 0.649. The molecule has 1 aliphatic rings. The summed E-state index contributed by atoms with van der Waals surface area (Å²) in [5, 5.41) is 11.1. The molecule has 0 atom stereocenters. The zero-order valence-electron chi connectivity index (χ0n) is 17.0. The Kier molecular flexibility index (Phi) is 5.93. The van der Waals surface area contributed by atoms with Crippen LogP contribution in [0.2, 0.25) is 5.02 Å². The normalized spacial score (nSPS) is 13.6. The number of nitrogens with zero attached hydrogens (tertiary/aromatic N) is 4. The number of benzene rings is 2. The Balaban J connectivity index is 1.40. The minimum atomic E-state index is -0.483. The number of aromatic nitrogens is 4. The van der Waals surface area contributed by atoms with Crippen LogP contribution in [0, 0.1) is 0 Å². The zero-order chi connectivity index (χ0) is 21.9. The molecule has 7 nitrogen and oxygen atoms in total. The maximum absolute atomic E-state index is 11.8. The molecular weight excluding hydrogens is 487 g/mol. The molecule has 0 unspecified atom stereocenters. The molecule has 1 aliphatic heterocycles. The number of anilines is 2. The first-order valence-electron chi connectivity index (χ1n) is 10.1. The monoisotopic (exact) mass is 505 g/mol. The number of carbonyl (C=O) groups is 1. The van der Waals surface area contributed by atoms with E-state index < -0.39 is 15.8 Å². The van der Waals surface area contributed by atoms with E-state index in [2.05, 4.69) is 32.8 Å². The van der Waals surface area contributed by atoms with Crippen molar-refractivity contribution >= 4 is 53.7 Å². The van der Waals surface area contributed by atoms with Gasteiger partial charge in [0, 0.05) is 0 Å². The molecule has 32 heavy (non-hydrogen) atoms. The van der Waals surface area contributed by atoms with Gasteiger partial charge in [0.15, 0.2) is 0 Å². The topological polar surface area (TPSA) is 84.7 Å². The molecule has 3 heterocycles. The number of halogens is 1. The molecule has 0 spiro atoms. The van der Waals surface area contributed by atoms with Gasteiger partial charge in [0.1, 0.15) is 0 Å². The van der Waals surface area contributed by atoms with Gasteiger partial charge in [-0.15, -0.1) is 0 Å². The van der Waals surface area contributed by atoms with Gasteiger partial charge in [-0.3, -0.25) is 0 Å². The first-order chi connectivity index (χ1) is 15.7. The van der Waals surface area contributed by atoms with E-state index in [1.54, 1.807) is 12.4 Å².